The van der Waals surface area contributed by atoms with Crippen LogP contribution in [0.1, 0.15) is 18.4 Å². The second-order valence-corrected chi connectivity index (χ2v) is 8.60. The Labute approximate surface area is 165 Å². The first kappa shape index (κ1) is 17.5. The molecule has 1 fully saturated rings. The topological polar surface area (TPSA) is 45.2 Å². The Bertz CT molecular complexity index is 914. The number of piperidine rings is 1. The minimum atomic E-state index is 0.0590. The zero-order valence-corrected chi connectivity index (χ0v) is 16.9. The Hall–Kier alpha value is -1.92. The maximum Gasteiger partial charge on any atom is 0.227 e. The number of hydrogen-bond acceptors (Lipinski definition) is 4. The number of carbonyl (C=O) groups is 1. The van der Waals surface area contributed by atoms with Crippen LogP contribution in [0, 0.1) is 12.8 Å². The molecule has 0 spiro atoms. The fraction of sp³-hybridized carbons (Fsp3) is 0.300. The summed E-state index contributed by atoms with van der Waals surface area (Å²) in [5.74, 6) is 0.183. The molecule has 0 saturated carbocycles. The normalized spacial score (nSPS) is 15.4. The van der Waals surface area contributed by atoms with Crippen LogP contribution in [0.5, 0.6) is 0 Å². The quantitative estimate of drug-likeness (QED) is 0.620. The molecule has 26 heavy (non-hydrogen) atoms. The van der Waals surface area contributed by atoms with Gasteiger partial charge in [0.15, 0.2) is 5.13 Å². The van der Waals surface area contributed by atoms with Crippen molar-refractivity contribution in [2.45, 2.75) is 19.8 Å². The number of fused-ring (bicyclic) bond motifs is 1. The summed E-state index contributed by atoms with van der Waals surface area (Å²) in [6.45, 7) is 3.75. The smallest absolute Gasteiger partial charge is 0.227 e. The summed E-state index contributed by atoms with van der Waals surface area (Å²) < 4.78 is 2.24. The second-order valence-electron chi connectivity index (χ2n) is 6.67. The summed E-state index contributed by atoms with van der Waals surface area (Å²) in [6, 6.07) is 14.2. The van der Waals surface area contributed by atoms with Crippen LogP contribution in [0.3, 0.4) is 0 Å². The maximum atomic E-state index is 12.6. The molecule has 1 aromatic heterocycles. The zero-order chi connectivity index (χ0) is 18.1. The molecule has 1 N–H and O–H groups in total. The fourth-order valence-corrected chi connectivity index (χ4v) is 4.82. The molecule has 0 atom stereocenters. The third-order valence-electron chi connectivity index (χ3n) is 4.87. The Kier molecular flexibility index (Phi) is 4.96. The van der Waals surface area contributed by atoms with Gasteiger partial charge in [-0.15, -0.1) is 0 Å². The highest BCUT2D eigenvalue weighted by Crippen LogP contribution is 2.31. The monoisotopic (exact) mass is 429 g/mol. The van der Waals surface area contributed by atoms with Gasteiger partial charge < -0.3 is 10.2 Å². The standard InChI is InChI=1S/C20H20BrN3OS/c1-13-12-15(21)6-7-16(13)22-19(25)14-8-10-24(11-9-14)20-23-17-4-2-3-5-18(17)26-20/h2-7,12,14H,8-11H2,1H3,(H,22,25). The van der Waals surface area contributed by atoms with Crippen LogP contribution < -0.4 is 10.2 Å². The number of nitrogens with zero attached hydrogens (tertiary/aromatic N) is 2. The average molecular weight is 430 g/mol. The summed E-state index contributed by atoms with van der Waals surface area (Å²) >= 11 is 5.19. The molecule has 4 nitrogen and oxygen atoms in total. The van der Waals surface area contributed by atoms with Crippen molar-refractivity contribution in [3.63, 3.8) is 0 Å². The largest absolute Gasteiger partial charge is 0.348 e. The average Bonchev–Trinajstić information content (AvgIpc) is 3.08. The van der Waals surface area contributed by atoms with E-state index >= 15 is 0 Å². The maximum absolute atomic E-state index is 12.6. The predicted octanol–water partition coefficient (Wildman–Crippen LogP) is 5.22. The molecule has 0 radical (unpaired) electrons. The van der Waals surface area contributed by atoms with Gasteiger partial charge in [0.25, 0.3) is 0 Å². The van der Waals surface area contributed by atoms with Crippen LogP contribution >= 0.6 is 27.3 Å². The van der Waals surface area contributed by atoms with Crippen LogP contribution in [0.4, 0.5) is 10.8 Å². The van der Waals surface area contributed by atoms with E-state index in [1.54, 1.807) is 11.3 Å². The van der Waals surface area contributed by atoms with Crippen molar-refractivity contribution in [1.29, 1.82) is 0 Å². The number of hydrogen-bond donors (Lipinski definition) is 1. The molecule has 0 unspecified atom stereocenters. The van der Waals surface area contributed by atoms with E-state index in [0.717, 1.165) is 52.3 Å². The highest BCUT2D eigenvalue weighted by Gasteiger charge is 2.26. The van der Waals surface area contributed by atoms with Gasteiger partial charge in [-0.05, 0) is 55.7 Å². The van der Waals surface area contributed by atoms with Gasteiger partial charge in [0.2, 0.25) is 5.91 Å². The molecule has 134 valence electrons. The van der Waals surface area contributed by atoms with Gasteiger partial charge in [0.1, 0.15) is 0 Å². The number of carbonyl (C=O) groups excluding carboxylic acids is 1. The molecule has 2 heterocycles. The number of anilines is 2. The van der Waals surface area contributed by atoms with Crippen LogP contribution in [-0.4, -0.2) is 24.0 Å². The lowest BCUT2D eigenvalue weighted by molar-refractivity contribution is -0.120. The number of rotatable bonds is 3. The van der Waals surface area contributed by atoms with E-state index in [1.807, 2.05) is 37.3 Å². The fourth-order valence-electron chi connectivity index (χ4n) is 3.33. The molecule has 1 aliphatic rings. The molecule has 4 rings (SSSR count). The second kappa shape index (κ2) is 7.37. The number of halogens is 1. The van der Waals surface area contributed by atoms with Gasteiger partial charge in [-0.2, -0.15) is 0 Å². The van der Waals surface area contributed by atoms with E-state index in [-0.39, 0.29) is 11.8 Å². The van der Waals surface area contributed by atoms with Gasteiger partial charge in [0, 0.05) is 29.2 Å². The highest BCUT2D eigenvalue weighted by atomic mass is 79.9. The highest BCUT2D eigenvalue weighted by molar-refractivity contribution is 9.10. The van der Waals surface area contributed by atoms with E-state index in [2.05, 4.69) is 38.3 Å². The molecule has 1 saturated heterocycles. The molecule has 0 aliphatic carbocycles. The van der Waals surface area contributed by atoms with E-state index in [9.17, 15) is 4.79 Å². The minimum Gasteiger partial charge on any atom is -0.348 e. The van der Waals surface area contributed by atoms with Crippen molar-refractivity contribution in [3.8, 4) is 0 Å². The van der Waals surface area contributed by atoms with Crippen molar-refractivity contribution in [2.75, 3.05) is 23.3 Å². The van der Waals surface area contributed by atoms with E-state index in [4.69, 9.17) is 4.98 Å². The van der Waals surface area contributed by atoms with Crippen molar-refractivity contribution >= 4 is 54.2 Å². The van der Waals surface area contributed by atoms with Gasteiger partial charge >= 0.3 is 0 Å². The summed E-state index contributed by atoms with van der Waals surface area (Å²) in [4.78, 5) is 19.7. The molecule has 0 bridgehead atoms. The lowest BCUT2D eigenvalue weighted by atomic mass is 9.96. The summed E-state index contributed by atoms with van der Waals surface area (Å²) in [7, 11) is 0. The number of amides is 1. The number of aryl methyl sites for hydroxylation is 1. The zero-order valence-electron chi connectivity index (χ0n) is 14.5. The summed E-state index contributed by atoms with van der Waals surface area (Å²) in [5.41, 5.74) is 3.02. The predicted molar refractivity (Wildman–Crippen MR) is 112 cm³/mol. The number of benzene rings is 2. The van der Waals surface area contributed by atoms with Gasteiger partial charge in [-0.1, -0.05) is 39.4 Å². The van der Waals surface area contributed by atoms with Crippen molar-refractivity contribution < 1.29 is 4.79 Å². The molecule has 1 amide bonds. The van der Waals surface area contributed by atoms with Crippen LogP contribution in [-0.2, 0) is 4.79 Å². The number of para-hydroxylation sites is 1. The van der Waals surface area contributed by atoms with Gasteiger partial charge in [-0.3, -0.25) is 4.79 Å². The Balaban J connectivity index is 1.39. The lowest BCUT2D eigenvalue weighted by Gasteiger charge is -2.31. The van der Waals surface area contributed by atoms with Crippen molar-refractivity contribution in [3.05, 3.63) is 52.5 Å². The van der Waals surface area contributed by atoms with E-state index in [1.165, 1.54) is 4.70 Å². The Morgan fingerprint density at radius 3 is 2.73 bits per heavy atom. The minimum absolute atomic E-state index is 0.0590. The molecule has 2 aromatic carbocycles. The van der Waals surface area contributed by atoms with Gasteiger partial charge in [-0.25, -0.2) is 4.98 Å². The first-order chi connectivity index (χ1) is 12.6. The number of aromatic nitrogens is 1. The van der Waals surface area contributed by atoms with Crippen LogP contribution in [0.15, 0.2) is 46.9 Å². The molecule has 1 aliphatic heterocycles. The van der Waals surface area contributed by atoms with E-state index in [0.29, 0.717) is 0 Å². The Morgan fingerprint density at radius 2 is 2.00 bits per heavy atom. The first-order valence-corrected chi connectivity index (χ1v) is 10.4. The van der Waals surface area contributed by atoms with E-state index < -0.39 is 0 Å². The third-order valence-corrected chi connectivity index (χ3v) is 6.46. The summed E-state index contributed by atoms with van der Waals surface area (Å²) in [6.07, 6.45) is 1.72. The van der Waals surface area contributed by atoms with Gasteiger partial charge in [0.05, 0.1) is 10.2 Å². The number of thiazole rings is 1. The number of nitrogens with one attached hydrogen (secondary N) is 1. The molecular formula is C20H20BrN3OS. The third kappa shape index (κ3) is 3.62. The Morgan fingerprint density at radius 1 is 1.23 bits per heavy atom. The van der Waals surface area contributed by atoms with Crippen molar-refractivity contribution in [2.24, 2.45) is 5.92 Å². The first-order valence-electron chi connectivity index (χ1n) is 8.78. The molecule has 3 aromatic rings. The SMILES string of the molecule is Cc1cc(Br)ccc1NC(=O)C1CCN(c2nc3ccccc3s2)CC1. The lowest BCUT2D eigenvalue weighted by Crippen LogP contribution is -2.38. The van der Waals surface area contributed by atoms with Crippen molar-refractivity contribution in [1.82, 2.24) is 4.98 Å². The van der Waals surface area contributed by atoms with Crippen LogP contribution in [0.2, 0.25) is 0 Å². The molecular weight excluding hydrogens is 410 g/mol. The molecule has 6 heteroatoms. The van der Waals surface area contributed by atoms with Crippen LogP contribution in [0.25, 0.3) is 10.2 Å². The summed E-state index contributed by atoms with van der Waals surface area (Å²) in [5, 5.41) is 4.16.